The molecule has 2 heterocycles. The molecule has 0 fully saturated rings. The molecule has 0 radical (unpaired) electrons. The van der Waals surface area contributed by atoms with Crippen molar-refractivity contribution in [3.05, 3.63) is 34.8 Å². The van der Waals surface area contributed by atoms with E-state index in [1.54, 1.807) is 0 Å². The van der Waals surface area contributed by atoms with Crippen LogP contribution in [-0.2, 0) is 0 Å². The summed E-state index contributed by atoms with van der Waals surface area (Å²) < 4.78 is 0. The molecule has 0 atom stereocenters. The summed E-state index contributed by atoms with van der Waals surface area (Å²) in [5.41, 5.74) is 1.49. The van der Waals surface area contributed by atoms with Gasteiger partial charge < -0.3 is 10.2 Å². The fourth-order valence-corrected chi connectivity index (χ4v) is 2.27. The van der Waals surface area contributed by atoms with Crippen molar-refractivity contribution in [2.24, 2.45) is 0 Å². The quantitative estimate of drug-likeness (QED) is 0.839. The van der Waals surface area contributed by atoms with Gasteiger partial charge in [0.2, 0.25) is 0 Å². The number of hydrogen-bond acceptors (Lipinski definition) is 4. The number of aryl methyl sites for hydroxylation is 1. The molecular formula is C11H9NO3S. The van der Waals surface area contributed by atoms with Gasteiger partial charge in [0, 0.05) is 0 Å². The average Bonchev–Trinajstić information content (AvgIpc) is 2.65. The van der Waals surface area contributed by atoms with Crippen molar-refractivity contribution in [1.29, 1.82) is 0 Å². The number of pyridine rings is 1. The van der Waals surface area contributed by atoms with E-state index >= 15 is 0 Å². The average molecular weight is 235 g/mol. The monoisotopic (exact) mass is 235 g/mol. The van der Waals surface area contributed by atoms with Crippen molar-refractivity contribution in [3.63, 3.8) is 0 Å². The molecule has 0 bridgehead atoms. The second-order valence-electron chi connectivity index (χ2n) is 3.32. The van der Waals surface area contributed by atoms with E-state index in [0.717, 1.165) is 16.6 Å². The zero-order valence-corrected chi connectivity index (χ0v) is 9.28. The maximum Gasteiger partial charge on any atom is 0.339 e. The Balaban J connectivity index is 2.56. The Morgan fingerprint density at radius 3 is 2.81 bits per heavy atom. The van der Waals surface area contributed by atoms with Gasteiger partial charge in [-0.25, -0.2) is 4.79 Å². The number of aromatic carboxylic acids is 1. The smallest absolute Gasteiger partial charge is 0.339 e. The van der Waals surface area contributed by atoms with Gasteiger partial charge in [-0.3, -0.25) is 4.98 Å². The third-order valence-electron chi connectivity index (χ3n) is 2.21. The van der Waals surface area contributed by atoms with E-state index in [4.69, 9.17) is 5.11 Å². The molecule has 0 aliphatic rings. The van der Waals surface area contributed by atoms with Crippen LogP contribution in [0.4, 0.5) is 0 Å². The third-order valence-corrected chi connectivity index (χ3v) is 3.25. The molecule has 2 rings (SSSR count). The van der Waals surface area contributed by atoms with Gasteiger partial charge in [0.15, 0.2) is 0 Å². The topological polar surface area (TPSA) is 70.4 Å². The van der Waals surface area contributed by atoms with Crippen molar-refractivity contribution < 1.29 is 15.0 Å². The van der Waals surface area contributed by atoms with Crippen molar-refractivity contribution in [2.75, 3.05) is 0 Å². The summed E-state index contributed by atoms with van der Waals surface area (Å²) in [7, 11) is 0. The van der Waals surface area contributed by atoms with Crippen molar-refractivity contribution in [2.45, 2.75) is 6.92 Å². The second-order valence-corrected chi connectivity index (χ2v) is 4.24. The number of rotatable bonds is 2. The minimum Gasteiger partial charge on any atom is -0.505 e. The third kappa shape index (κ3) is 1.77. The van der Waals surface area contributed by atoms with Crippen molar-refractivity contribution in [3.8, 4) is 16.3 Å². The maximum absolute atomic E-state index is 10.8. The standard InChI is InChI=1S/C11H9NO3S/c1-6-2-3-16-10(6)8-4-7(11(14)15)9(13)5-12-8/h2-5,13H,1H3,(H,14,15). The highest BCUT2D eigenvalue weighted by Crippen LogP contribution is 2.29. The van der Waals surface area contributed by atoms with Gasteiger partial charge in [-0.1, -0.05) is 0 Å². The van der Waals surface area contributed by atoms with Crippen LogP contribution < -0.4 is 0 Å². The van der Waals surface area contributed by atoms with Crippen LogP contribution in [-0.4, -0.2) is 21.2 Å². The predicted molar refractivity (Wildman–Crippen MR) is 60.9 cm³/mol. The lowest BCUT2D eigenvalue weighted by Crippen LogP contribution is -1.98. The van der Waals surface area contributed by atoms with Crippen LogP contribution in [0.1, 0.15) is 15.9 Å². The van der Waals surface area contributed by atoms with Gasteiger partial charge in [0.05, 0.1) is 16.8 Å². The molecule has 0 saturated carbocycles. The van der Waals surface area contributed by atoms with Gasteiger partial charge in [0.25, 0.3) is 0 Å². The molecule has 16 heavy (non-hydrogen) atoms. The molecule has 82 valence electrons. The minimum absolute atomic E-state index is 0.127. The summed E-state index contributed by atoms with van der Waals surface area (Å²) in [6.45, 7) is 1.93. The lowest BCUT2D eigenvalue weighted by molar-refractivity contribution is 0.0693. The molecule has 2 aromatic heterocycles. The molecule has 5 heteroatoms. The number of hydrogen-bond donors (Lipinski definition) is 2. The van der Waals surface area contributed by atoms with E-state index in [0.29, 0.717) is 5.69 Å². The zero-order chi connectivity index (χ0) is 11.7. The predicted octanol–water partition coefficient (Wildman–Crippen LogP) is 2.52. The Bertz CT molecular complexity index is 548. The highest BCUT2D eigenvalue weighted by atomic mass is 32.1. The Kier molecular flexibility index (Phi) is 2.62. The SMILES string of the molecule is Cc1ccsc1-c1cc(C(=O)O)c(O)cn1. The Morgan fingerprint density at radius 2 is 2.25 bits per heavy atom. The van der Waals surface area contributed by atoms with E-state index in [2.05, 4.69) is 4.98 Å². The van der Waals surface area contributed by atoms with Crippen LogP contribution >= 0.6 is 11.3 Å². The summed E-state index contributed by atoms with van der Waals surface area (Å²) >= 11 is 1.49. The van der Waals surface area contributed by atoms with Crippen LogP contribution in [0.3, 0.4) is 0 Å². The van der Waals surface area contributed by atoms with Gasteiger partial charge >= 0.3 is 5.97 Å². The van der Waals surface area contributed by atoms with Crippen LogP contribution in [0.25, 0.3) is 10.6 Å². The molecule has 2 aromatic rings. The molecule has 0 aliphatic heterocycles. The number of carboxylic acid groups (broad SMARTS) is 1. The number of aromatic nitrogens is 1. The highest BCUT2D eigenvalue weighted by Gasteiger charge is 2.13. The molecule has 0 unspecified atom stereocenters. The first-order chi connectivity index (χ1) is 7.59. The number of thiophene rings is 1. The maximum atomic E-state index is 10.8. The van der Waals surface area contributed by atoms with E-state index in [1.165, 1.54) is 17.4 Å². The van der Waals surface area contributed by atoms with E-state index in [9.17, 15) is 9.90 Å². The number of carboxylic acids is 1. The number of carbonyl (C=O) groups is 1. The Morgan fingerprint density at radius 1 is 1.50 bits per heavy atom. The molecular weight excluding hydrogens is 226 g/mol. The number of aromatic hydroxyl groups is 1. The van der Waals surface area contributed by atoms with Crippen molar-refractivity contribution >= 4 is 17.3 Å². The second kappa shape index (κ2) is 3.94. The van der Waals surface area contributed by atoms with Crippen molar-refractivity contribution in [1.82, 2.24) is 4.98 Å². The van der Waals surface area contributed by atoms with Crippen LogP contribution in [0.15, 0.2) is 23.7 Å². The molecule has 0 aliphatic carbocycles. The zero-order valence-electron chi connectivity index (χ0n) is 8.47. The minimum atomic E-state index is -1.16. The Labute approximate surface area is 95.8 Å². The Hall–Kier alpha value is -1.88. The molecule has 4 nitrogen and oxygen atoms in total. The highest BCUT2D eigenvalue weighted by molar-refractivity contribution is 7.13. The summed E-state index contributed by atoms with van der Waals surface area (Å²) in [4.78, 5) is 15.8. The summed E-state index contributed by atoms with van der Waals surface area (Å²) in [6, 6.07) is 3.32. The molecule has 0 amide bonds. The summed E-state index contributed by atoms with van der Waals surface area (Å²) in [5.74, 6) is -1.47. The fourth-order valence-electron chi connectivity index (χ4n) is 1.38. The largest absolute Gasteiger partial charge is 0.505 e. The van der Waals surface area contributed by atoms with E-state index in [-0.39, 0.29) is 11.3 Å². The van der Waals surface area contributed by atoms with Gasteiger partial charge in [0.1, 0.15) is 11.3 Å². The van der Waals surface area contributed by atoms with Gasteiger partial charge in [-0.05, 0) is 30.0 Å². The summed E-state index contributed by atoms with van der Waals surface area (Å²) in [5, 5.41) is 20.1. The van der Waals surface area contributed by atoms with E-state index < -0.39 is 5.97 Å². The fraction of sp³-hybridized carbons (Fsp3) is 0.0909. The molecule has 0 spiro atoms. The first-order valence-electron chi connectivity index (χ1n) is 4.56. The first-order valence-corrected chi connectivity index (χ1v) is 5.44. The van der Waals surface area contributed by atoms with Crippen LogP contribution in [0, 0.1) is 6.92 Å². The normalized spacial score (nSPS) is 10.3. The van der Waals surface area contributed by atoms with Crippen LogP contribution in [0.2, 0.25) is 0 Å². The molecule has 0 aromatic carbocycles. The number of nitrogens with zero attached hydrogens (tertiary/aromatic N) is 1. The van der Waals surface area contributed by atoms with Gasteiger partial charge in [-0.2, -0.15) is 0 Å². The van der Waals surface area contributed by atoms with Crippen LogP contribution in [0.5, 0.6) is 5.75 Å². The first kappa shape index (κ1) is 10.6. The summed E-state index contributed by atoms with van der Waals surface area (Å²) in [6.07, 6.45) is 1.16. The molecule has 2 N–H and O–H groups in total. The lowest BCUT2D eigenvalue weighted by Gasteiger charge is -2.02. The van der Waals surface area contributed by atoms with E-state index in [1.807, 2.05) is 18.4 Å². The molecule has 0 saturated heterocycles. The van der Waals surface area contributed by atoms with Gasteiger partial charge in [-0.15, -0.1) is 11.3 Å². The lowest BCUT2D eigenvalue weighted by atomic mass is 10.1.